The molecule has 1 heterocycles. The van der Waals surface area contributed by atoms with Crippen molar-refractivity contribution in [2.24, 2.45) is 5.16 Å². The number of rotatable bonds is 1. The number of piperidine rings is 1. The summed E-state index contributed by atoms with van der Waals surface area (Å²) in [5.41, 5.74) is 1.86. The fourth-order valence-electron chi connectivity index (χ4n) is 1.94. The van der Waals surface area contributed by atoms with Crippen molar-refractivity contribution in [3.63, 3.8) is 0 Å². The molecule has 0 atom stereocenters. The Morgan fingerprint density at radius 3 is 2.39 bits per heavy atom. The summed E-state index contributed by atoms with van der Waals surface area (Å²) in [5.74, 6) is -0.0449. The number of nitriles is 1. The van der Waals surface area contributed by atoms with Gasteiger partial charge in [0.1, 0.15) is 0 Å². The third-order valence-electron chi connectivity index (χ3n) is 3.03. The van der Waals surface area contributed by atoms with Crippen molar-refractivity contribution in [2.45, 2.75) is 12.8 Å². The quantitative estimate of drug-likeness (QED) is 0.601. The number of nitrogens with zero attached hydrogens (tertiary/aromatic N) is 3. The van der Waals surface area contributed by atoms with E-state index in [1.807, 2.05) is 6.07 Å². The molecule has 1 aliphatic rings. The molecule has 5 heteroatoms. The van der Waals surface area contributed by atoms with E-state index in [4.69, 9.17) is 10.5 Å². The molecule has 0 bridgehead atoms. The van der Waals surface area contributed by atoms with E-state index in [2.05, 4.69) is 5.16 Å². The minimum absolute atomic E-state index is 0.0449. The Hall–Kier alpha value is -2.35. The number of hydrogen-bond acceptors (Lipinski definition) is 4. The van der Waals surface area contributed by atoms with Crippen molar-refractivity contribution in [3.05, 3.63) is 35.4 Å². The van der Waals surface area contributed by atoms with E-state index < -0.39 is 0 Å². The van der Waals surface area contributed by atoms with E-state index in [0.29, 0.717) is 37.1 Å². The minimum Gasteiger partial charge on any atom is -0.411 e. The first-order chi connectivity index (χ1) is 8.74. The van der Waals surface area contributed by atoms with Gasteiger partial charge in [0.15, 0.2) is 0 Å². The Morgan fingerprint density at radius 2 is 1.89 bits per heavy atom. The molecule has 0 unspecified atom stereocenters. The molecule has 1 amide bonds. The first-order valence-electron chi connectivity index (χ1n) is 5.74. The highest BCUT2D eigenvalue weighted by Crippen LogP contribution is 2.12. The van der Waals surface area contributed by atoms with Gasteiger partial charge in [-0.2, -0.15) is 5.26 Å². The second kappa shape index (κ2) is 5.32. The molecular formula is C13H13N3O2. The van der Waals surface area contributed by atoms with Crippen molar-refractivity contribution in [3.8, 4) is 6.07 Å². The topological polar surface area (TPSA) is 76.7 Å². The molecule has 1 aromatic rings. The Morgan fingerprint density at radius 1 is 1.28 bits per heavy atom. The van der Waals surface area contributed by atoms with Crippen LogP contribution in [0.3, 0.4) is 0 Å². The second-order valence-corrected chi connectivity index (χ2v) is 4.15. The predicted octanol–water partition coefficient (Wildman–Crippen LogP) is 1.62. The van der Waals surface area contributed by atoms with Crippen LogP contribution in [0.15, 0.2) is 29.4 Å². The summed E-state index contributed by atoms with van der Waals surface area (Å²) in [6.07, 6.45) is 1.22. The van der Waals surface area contributed by atoms with E-state index in [0.717, 1.165) is 5.71 Å². The number of hydrogen-bond donors (Lipinski definition) is 1. The van der Waals surface area contributed by atoms with Crippen LogP contribution in [0.25, 0.3) is 0 Å². The van der Waals surface area contributed by atoms with Crippen molar-refractivity contribution in [2.75, 3.05) is 13.1 Å². The SMILES string of the molecule is N#Cc1ccc(C(=O)N2CCC(=NO)CC2)cc1. The van der Waals surface area contributed by atoms with E-state index in [9.17, 15) is 4.79 Å². The molecule has 18 heavy (non-hydrogen) atoms. The van der Waals surface area contributed by atoms with Crippen molar-refractivity contribution in [1.82, 2.24) is 4.90 Å². The van der Waals surface area contributed by atoms with Crippen LogP contribution in [0.4, 0.5) is 0 Å². The third-order valence-corrected chi connectivity index (χ3v) is 3.03. The van der Waals surface area contributed by atoms with Crippen molar-refractivity contribution in [1.29, 1.82) is 5.26 Å². The van der Waals surface area contributed by atoms with Gasteiger partial charge in [-0.15, -0.1) is 0 Å². The highest BCUT2D eigenvalue weighted by molar-refractivity contribution is 5.96. The smallest absolute Gasteiger partial charge is 0.253 e. The number of oxime groups is 1. The first kappa shape index (κ1) is 12.1. The van der Waals surface area contributed by atoms with Gasteiger partial charge < -0.3 is 10.1 Å². The monoisotopic (exact) mass is 243 g/mol. The fraction of sp³-hybridized carbons (Fsp3) is 0.308. The summed E-state index contributed by atoms with van der Waals surface area (Å²) in [6, 6.07) is 8.62. The van der Waals surface area contributed by atoms with Gasteiger partial charge in [-0.05, 0) is 24.3 Å². The number of amides is 1. The Bertz CT molecular complexity index is 504. The lowest BCUT2D eigenvalue weighted by molar-refractivity contribution is 0.0753. The van der Waals surface area contributed by atoms with Crippen LogP contribution in [-0.2, 0) is 0 Å². The number of carbonyl (C=O) groups excluding carboxylic acids is 1. The van der Waals surface area contributed by atoms with Gasteiger partial charge in [-0.3, -0.25) is 4.79 Å². The summed E-state index contributed by atoms with van der Waals surface area (Å²) >= 11 is 0. The average molecular weight is 243 g/mol. The average Bonchev–Trinajstić information content (AvgIpc) is 2.47. The van der Waals surface area contributed by atoms with Crippen LogP contribution in [0.5, 0.6) is 0 Å². The van der Waals surface area contributed by atoms with Crippen LogP contribution in [0, 0.1) is 11.3 Å². The Labute approximate surface area is 105 Å². The van der Waals surface area contributed by atoms with Gasteiger partial charge in [0.05, 0.1) is 17.3 Å². The van der Waals surface area contributed by atoms with E-state index in [-0.39, 0.29) is 5.91 Å². The maximum atomic E-state index is 12.1. The van der Waals surface area contributed by atoms with Crippen LogP contribution >= 0.6 is 0 Å². The van der Waals surface area contributed by atoms with Gasteiger partial charge in [0.25, 0.3) is 5.91 Å². The highest BCUT2D eigenvalue weighted by atomic mass is 16.4. The largest absolute Gasteiger partial charge is 0.411 e. The van der Waals surface area contributed by atoms with Gasteiger partial charge in [0.2, 0.25) is 0 Å². The molecular weight excluding hydrogens is 230 g/mol. The van der Waals surface area contributed by atoms with Crippen molar-refractivity contribution < 1.29 is 10.0 Å². The normalized spacial score (nSPS) is 15.1. The zero-order valence-electron chi connectivity index (χ0n) is 9.83. The van der Waals surface area contributed by atoms with Crippen LogP contribution in [0.2, 0.25) is 0 Å². The summed E-state index contributed by atoms with van der Waals surface area (Å²) in [7, 11) is 0. The van der Waals surface area contributed by atoms with Crippen LogP contribution in [0.1, 0.15) is 28.8 Å². The Balaban J connectivity index is 2.05. The molecule has 0 aliphatic carbocycles. The predicted molar refractivity (Wildman–Crippen MR) is 65.5 cm³/mol. The van der Waals surface area contributed by atoms with Gasteiger partial charge >= 0.3 is 0 Å². The summed E-state index contributed by atoms with van der Waals surface area (Å²) < 4.78 is 0. The molecule has 1 aliphatic heterocycles. The minimum atomic E-state index is -0.0449. The summed E-state index contributed by atoms with van der Waals surface area (Å²) in [4.78, 5) is 13.9. The molecule has 1 saturated heterocycles. The van der Waals surface area contributed by atoms with Gasteiger partial charge in [-0.1, -0.05) is 5.16 Å². The lowest BCUT2D eigenvalue weighted by Gasteiger charge is -2.27. The molecule has 1 fully saturated rings. The van der Waals surface area contributed by atoms with Crippen LogP contribution in [-0.4, -0.2) is 34.8 Å². The standard InChI is InChI=1S/C13H13N3O2/c14-9-10-1-3-11(4-2-10)13(17)16-7-5-12(15-18)6-8-16/h1-4,18H,5-8H2. The maximum Gasteiger partial charge on any atom is 0.253 e. The number of likely N-dealkylation sites (tertiary alicyclic amines) is 1. The maximum absolute atomic E-state index is 12.1. The fourth-order valence-corrected chi connectivity index (χ4v) is 1.94. The molecule has 0 aromatic heterocycles. The van der Waals surface area contributed by atoms with E-state index in [1.54, 1.807) is 29.2 Å². The number of benzene rings is 1. The lowest BCUT2D eigenvalue weighted by Crippen LogP contribution is -2.38. The van der Waals surface area contributed by atoms with Gasteiger partial charge in [-0.25, -0.2) is 0 Å². The molecule has 92 valence electrons. The highest BCUT2D eigenvalue weighted by Gasteiger charge is 2.21. The van der Waals surface area contributed by atoms with E-state index >= 15 is 0 Å². The van der Waals surface area contributed by atoms with Gasteiger partial charge in [0, 0.05) is 31.5 Å². The second-order valence-electron chi connectivity index (χ2n) is 4.15. The Kier molecular flexibility index (Phi) is 3.58. The molecule has 2 rings (SSSR count). The summed E-state index contributed by atoms with van der Waals surface area (Å²) in [6.45, 7) is 1.14. The zero-order chi connectivity index (χ0) is 13.0. The lowest BCUT2D eigenvalue weighted by atomic mass is 10.1. The molecule has 1 aromatic carbocycles. The zero-order valence-corrected chi connectivity index (χ0v) is 9.83. The van der Waals surface area contributed by atoms with Crippen molar-refractivity contribution >= 4 is 11.6 Å². The number of carbonyl (C=O) groups is 1. The first-order valence-corrected chi connectivity index (χ1v) is 5.74. The molecule has 1 N–H and O–H groups in total. The molecule has 0 radical (unpaired) electrons. The van der Waals surface area contributed by atoms with Crippen LogP contribution < -0.4 is 0 Å². The molecule has 0 saturated carbocycles. The molecule has 0 spiro atoms. The third kappa shape index (κ3) is 2.48. The van der Waals surface area contributed by atoms with E-state index in [1.165, 1.54) is 0 Å². The molecule has 5 nitrogen and oxygen atoms in total. The summed E-state index contributed by atoms with van der Waals surface area (Å²) in [5, 5.41) is 20.5.